The Bertz CT molecular complexity index is 241. The van der Waals surface area contributed by atoms with Gasteiger partial charge in [0.15, 0.2) is 0 Å². The summed E-state index contributed by atoms with van der Waals surface area (Å²) >= 11 is 0. The number of rotatable bonds is 9. The molecule has 1 heterocycles. The molecule has 2 atom stereocenters. The van der Waals surface area contributed by atoms with Gasteiger partial charge in [0.25, 0.3) is 0 Å². The molecular weight excluding hydrogens is 252 g/mol. The van der Waals surface area contributed by atoms with Crippen molar-refractivity contribution in [1.82, 2.24) is 10.2 Å². The Hall–Kier alpha value is -0.160. The fourth-order valence-electron chi connectivity index (χ4n) is 2.83. The molecule has 1 fully saturated rings. The third-order valence-electron chi connectivity index (χ3n) is 4.15. The van der Waals surface area contributed by atoms with Gasteiger partial charge in [0, 0.05) is 12.6 Å². The smallest absolute Gasteiger partial charge is 0.0900 e. The van der Waals surface area contributed by atoms with Crippen molar-refractivity contribution in [3.05, 3.63) is 0 Å². The molecule has 0 bridgehead atoms. The van der Waals surface area contributed by atoms with Gasteiger partial charge in [-0.15, -0.1) is 0 Å². The second-order valence-corrected chi connectivity index (χ2v) is 6.42. The van der Waals surface area contributed by atoms with Crippen molar-refractivity contribution < 1.29 is 9.84 Å². The van der Waals surface area contributed by atoms with E-state index in [0.717, 1.165) is 32.1 Å². The Morgan fingerprint density at radius 1 is 1.25 bits per heavy atom. The predicted molar refractivity (Wildman–Crippen MR) is 84.0 cm³/mol. The van der Waals surface area contributed by atoms with Crippen molar-refractivity contribution >= 4 is 0 Å². The minimum Gasteiger partial charge on any atom is -0.389 e. The largest absolute Gasteiger partial charge is 0.389 e. The zero-order valence-electron chi connectivity index (χ0n) is 13.8. The molecule has 0 aliphatic carbocycles. The van der Waals surface area contributed by atoms with Crippen LogP contribution in [0.15, 0.2) is 0 Å². The van der Waals surface area contributed by atoms with E-state index in [2.05, 4.69) is 24.1 Å². The second-order valence-electron chi connectivity index (χ2n) is 6.42. The maximum absolute atomic E-state index is 9.96. The molecule has 1 aliphatic rings. The lowest BCUT2D eigenvalue weighted by molar-refractivity contribution is -0.0130. The Morgan fingerprint density at radius 3 is 2.45 bits per heavy atom. The van der Waals surface area contributed by atoms with Crippen LogP contribution < -0.4 is 5.32 Å². The quantitative estimate of drug-likeness (QED) is 0.679. The van der Waals surface area contributed by atoms with E-state index in [1.165, 1.54) is 19.3 Å². The van der Waals surface area contributed by atoms with Crippen molar-refractivity contribution in [1.29, 1.82) is 0 Å². The Kier molecular flexibility index (Phi) is 8.69. The first-order valence-corrected chi connectivity index (χ1v) is 8.28. The molecule has 2 N–H and O–H groups in total. The zero-order valence-corrected chi connectivity index (χ0v) is 13.8. The second kappa shape index (κ2) is 9.72. The molecule has 0 aromatic rings. The highest BCUT2D eigenvalue weighted by Gasteiger charge is 2.24. The van der Waals surface area contributed by atoms with Crippen LogP contribution in [0.2, 0.25) is 0 Å². The molecule has 4 heteroatoms. The third-order valence-corrected chi connectivity index (χ3v) is 4.15. The van der Waals surface area contributed by atoms with Crippen molar-refractivity contribution in [2.45, 2.75) is 65.2 Å². The standard InChI is InChI=1S/C16H34N2O2/c1-5-8-17-14(4)15-6-9-18(10-7-15)11-16(19)12-20-13(2)3/h13-17,19H,5-12H2,1-4H3. The highest BCUT2D eigenvalue weighted by molar-refractivity contribution is 4.80. The van der Waals surface area contributed by atoms with Gasteiger partial charge in [-0.25, -0.2) is 0 Å². The molecule has 2 unspecified atom stereocenters. The molecule has 1 rings (SSSR count). The number of nitrogens with one attached hydrogen (secondary N) is 1. The van der Waals surface area contributed by atoms with Gasteiger partial charge < -0.3 is 20.1 Å². The number of aliphatic hydroxyl groups excluding tert-OH is 1. The molecule has 0 aromatic heterocycles. The lowest BCUT2D eigenvalue weighted by Crippen LogP contribution is -2.45. The van der Waals surface area contributed by atoms with Crippen LogP contribution >= 0.6 is 0 Å². The molecule has 0 radical (unpaired) electrons. The third kappa shape index (κ3) is 7.02. The van der Waals surface area contributed by atoms with Crippen molar-refractivity contribution in [2.24, 2.45) is 5.92 Å². The predicted octanol–water partition coefficient (Wildman–Crippen LogP) is 1.87. The fraction of sp³-hybridized carbons (Fsp3) is 1.00. The molecule has 0 aromatic carbocycles. The first kappa shape index (κ1) is 17.9. The van der Waals surface area contributed by atoms with E-state index < -0.39 is 0 Å². The minimum absolute atomic E-state index is 0.195. The highest BCUT2D eigenvalue weighted by Crippen LogP contribution is 2.20. The number of piperidine rings is 1. The monoisotopic (exact) mass is 286 g/mol. The number of hydrogen-bond acceptors (Lipinski definition) is 4. The maximum atomic E-state index is 9.96. The van der Waals surface area contributed by atoms with E-state index in [0.29, 0.717) is 12.6 Å². The van der Waals surface area contributed by atoms with Gasteiger partial charge in [-0.2, -0.15) is 0 Å². The topological polar surface area (TPSA) is 44.7 Å². The van der Waals surface area contributed by atoms with Crippen molar-refractivity contribution in [3.63, 3.8) is 0 Å². The van der Waals surface area contributed by atoms with Crippen LogP contribution in [0.25, 0.3) is 0 Å². The van der Waals surface area contributed by atoms with E-state index in [1.54, 1.807) is 0 Å². The van der Waals surface area contributed by atoms with E-state index >= 15 is 0 Å². The van der Waals surface area contributed by atoms with Crippen LogP contribution in [0.1, 0.15) is 47.0 Å². The van der Waals surface area contributed by atoms with Gasteiger partial charge in [0.05, 0.1) is 18.8 Å². The van der Waals surface area contributed by atoms with Crippen LogP contribution in [0.4, 0.5) is 0 Å². The van der Waals surface area contributed by atoms with Gasteiger partial charge in [-0.1, -0.05) is 6.92 Å². The molecular formula is C16H34N2O2. The summed E-state index contributed by atoms with van der Waals surface area (Å²) in [4.78, 5) is 2.37. The number of hydrogen-bond donors (Lipinski definition) is 2. The molecule has 120 valence electrons. The van der Waals surface area contributed by atoms with Crippen LogP contribution in [0, 0.1) is 5.92 Å². The van der Waals surface area contributed by atoms with E-state index in [-0.39, 0.29) is 12.2 Å². The molecule has 20 heavy (non-hydrogen) atoms. The van der Waals surface area contributed by atoms with Gasteiger partial charge >= 0.3 is 0 Å². The number of β-amino-alcohol motifs (C(OH)–C–C–N with tert-alkyl or cyclic N) is 1. The summed E-state index contributed by atoms with van der Waals surface area (Å²) in [6.07, 6.45) is 3.50. The maximum Gasteiger partial charge on any atom is 0.0900 e. The van der Waals surface area contributed by atoms with Gasteiger partial charge in [0.1, 0.15) is 0 Å². The summed E-state index contributed by atoms with van der Waals surface area (Å²) in [6, 6.07) is 0.617. The van der Waals surface area contributed by atoms with Crippen LogP contribution in [0.3, 0.4) is 0 Å². The van der Waals surface area contributed by atoms with E-state index in [9.17, 15) is 5.11 Å². The number of ether oxygens (including phenoxy) is 1. The lowest BCUT2D eigenvalue weighted by atomic mass is 9.90. The van der Waals surface area contributed by atoms with Gasteiger partial charge in [-0.3, -0.25) is 0 Å². The van der Waals surface area contributed by atoms with Crippen molar-refractivity contribution in [3.8, 4) is 0 Å². The minimum atomic E-state index is -0.357. The average molecular weight is 286 g/mol. The van der Waals surface area contributed by atoms with Gasteiger partial charge in [0.2, 0.25) is 0 Å². The molecule has 1 aliphatic heterocycles. The van der Waals surface area contributed by atoms with Gasteiger partial charge in [-0.05, 0) is 65.6 Å². The summed E-state index contributed by atoms with van der Waals surface area (Å²) in [5, 5.41) is 13.6. The Morgan fingerprint density at radius 2 is 1.90 bits per heavy atom. The van der Waals surface area contributed by atoms with Crippen LogP contribution in [0.5, 0.6) is 0 Å². The molecule has 4 nitrogen and oxygen atoms in total. The average Bonchev–Trinajstić information content (AvgIpc) is 2.43. The first-order chi connectivity index (χ1) is 9.52. The summed E-state index contributed by atoms with van der Waals surface area (Å²) < 4.78 is 5.46. The molecule has 0 amide bonds. The lowest BCUT2D eigenvalue weighted by Gasteiger charge is -2.36. The molecule has 1 saturated heterocycles. The molecule has 0 saturated carbocycles. The fourth-order valence-corrected chi connectivity index (χ4v) is 2.83. The summed E-state index contributed by atoms with van der Waals surface area (Å²) in [5.74, 6) is 0.779. The molecule has 0 spiro atoms. The van der Waals surface area contributed by atoms with Crippen LogP contribution in [-0.4, -0.2) is 61.0 Å². The van der Waals surface area contributed by atoms with E-state index in [1.807, 2.05) is 13.8 Å². The van der Waals surface area contributed by atoms with Crippen molar-refractivity contribution in [2.75, 3.05) is 32.8 Å². The number of likely N-dealkylation sites (tertiary alicyclic amines) is 1. The van der Waals surface area contributed by atoms with Crippen LogP contribution in [-0.2, 0) is 4.74 Å². The first-order valence-electron chi connectivity index (χ1n) is 8.28. The Labute approximate surface area is 124 Å². The Balaban J connectivity index is 2.18. The van der Waals surface area contributed by atoms with E-state index in [4.69, 9.17) is 4.74 Å². The number of aliphatic hydroxyl groups is 1. The summed E-state index contributed by atoms with van der Waals surface area (Å²) in [7, 11) is 0. The highest BCUT2D eigenvalue weighted by atomic mass is 16.5. The summed E-state index contributed by atoms with van der Waals surface area (Å²) in [5.41, 5.74) is 0. The normalized spacial score (nSPS) is 21.3. The zero-order chi connectivity index (χ0) is 15.0. The summed E-state index contributed by atoms with van der Waals surface area (Å²) in [6.45, 7) is 13.0. The number of nitrogens with zero attached hydrogens (tertiary/aromatic N) is 1. The SMILES string of the molecule is CCCNC(C)C1CCN(CC(O)COC(C)C)CC1.